The zero-order valence-corrected chi connectivity index (χ0v) is 30.7. The molecule has 1 aliphatic rings. The molecule has 1 aliphatic heterocycles. The van der Waals surface area contributed by atoms with Crippen molar-refractivity contribution >= 4 is 5.91 Å². The fourth-order valence-corrected chi connectivity index (χ4v) is 6.38. The number of aliphatic hydroxyl groups is 5. The molecule has 0 saturated carbocycles. The molecular formula is C39H75NO8. The third kappa shape index (κ3) is 21.9. The zero-order valence-electron chi connectivity index (χ0n) is 30.7. The van der Waals surface area contributed by atoms with E-state index < -0.39 is 49.5 Å². The lowest BCUT2D eigenvalue weighted by Crippen LogP contribution is -2.60. The molecule has 48 heavy (non-hydrogen) atoms. The van der Waals surface area contributed by atoms with Gasteiger partial charge in [-0.2, -0.15) is 0 Å². The molecule has 0 aromatic rings. The fraction of sp³-hybridized carbons (Fsp3) is 0.923. The Hall–Kier alpha value is -1.07. The minimum Gasteiger partial charge on any atom is -0.394 e. The highest BCUT2D eigenvalue weighted by molar-refractivity contribution is 5.76. The second-order valence-electron chi connectivity index (χ2n) is 14.1. The highest BCUT2D eigenvalue weighted by atomic mass is 16.7. The van der Waals surface area contributed by atoms with Gasteiger partial charge in [0, 0.05) is 6.42 Å². The Morgan fingerprint density at radius 1 is 0.688 bits per heavy atom. The summed E-state index contributed by atoms with van der Waals surface area (Å²) >= 11 is 0. The normalized spacial score (nSPS) is 22.7. The van der Waals surface area contributed by atoms with E-state index in [1.165, 1.54) is 128 Å². The molecule has 0 aromatic heterocycles. The molecule has 0 aromatic carbocycles. The number of nitrogens with one attached hydrogen (secondary N) is 1. The predicted molar refractivity (Wildman–Crippen MR) is 194 cm³/mol. The Morgan fingerprint density at radius 2 is 1.15 bits per heavy atom. The Labute approximate surface area is 293 Å². The summed E-state index contributed by atoms with van der Waals surface area (Å²) in [5.74, 6) is -0.230. The van der Waals surface area contributed by atoms with Crippen molar-refractivity contribution in [2.75, 3.05) is 13.2 Å². The first-order chi connectivity index (χ1) is 23.3. The van der Waals surface area contributed by atoms with E-state index in [4.69, 9.17) is 9.47 Å². The maximum Gasteiger partial charge on any atom is 0.220 e. The fourth-order valence-electron chi connectivity index (χ4n) is 6.38. The van der Waals surface area contributed by atoms with Crippen molar-refractivity contribution in [2.24, 2.45) is 0 Å². The van der Waals surface area contributed by atoms with Crippen LogP contribution in [0.4, 0.5) is 0 Å². The van der Waals surface area contributed by atoms with Gasteiger partial charge in [-0.05, 0) is 19.3 Å². The van der Waals surface area contributed by atoms with Crippen molar-refractivity contribution in [3.8, 4) is 0 Å². The van der Waals surface area contributed by atoms with Gasteiger partial charge in [-0.25, -0.2) is 0 Å². The van der Waals surface area contributed by atoms with E-state index in [-0.39, 0.29) is 12.5 Å². The van der Waals surface area contributed by atoms with Gasteiger partial charge in [0.05, 0.1) is 25.4 Å². The van der Waals surface area contributed by atoms with E-state index in [0.29, 0.717) is 12.8 Å². The van der Waals surface area contributed by atoms with Crippen LogP contribution in [0.15, 0.2) is 12.2 Å². The summed E-state index contributed by atoms with van der Waals surface area (Å²) in [4.78, 5) is 12.3. The van der Waals surface area contributed by atoms with Crippen molar-refractivity contribution in [1.29, 1.82) is 0 Å². The van der Waals surface area contributed by atoms with Gasteiger partial charge in [-0.3, -0.25) is 4.79 Å². The van der Waals surface area contributed by atoms with Crippen molar-refractivity contribution in [3.63, 3.8) is 0 Å². The number of amides is 1. The molecule has 1 rings (SSSR count). The van der Waals surface area contributed by atoms with Crippen LogP contribution in [0.25, 0.3) is 0 Å². The molecule has 1 amide bonds. The van der Waals surface area contributed by atoms with Crippen molar-refractivity contribution in [3.05, 3.63) is 12.2 Å². The summed E-state index contributed by atoms with van der Waals surface area (Å²) in [5.41, 5.74) is 0. The lowest BCUT2D eigenvalue weighted by Gasteiger charge is -2.40. The number of ether oxygens (including phenoxy) is 2. The Bertz CT molecular complexity index is 766. The van der Waals surface area contributed by atoms with Gasteiger partial charge < -0.3 is 40.3 Å². The average molecular weight is 686 g/mol. The second kappa shape index (κ2) is 30.7. The Morgan fingerprint density at radius 3 is 1.58 bits per heavy atom. The molecule has 6 N–H and O–H groups in total. The first-order valence-corrected chi connectivity index (χ1v) is 19.9. The zero-order chi connectivity index (χ0) is 35.2. The molecule has 9 nitrogen and oxygen atoms in total. The molecule has 7 atom stereocenters. The standard InChI is InChI=1S/C39H75NO8/c1-3-5-6-7-8-9-10-11-12-13-14-15-16-17-18-19-20-21-22-23-24-25-26-27-29-33(42)32(40-35(43)28-4-2)31-47-39-38(46)37(45)36(44)34(30-41)48-39/h27,29,32-34,36-39,41-42,44-46H,3-26,28,30-31H2,1-2H3,(H,40,43)/b29-27+. The third-order valence-electron chi connectivity index (χ3n) is 9.58. The Kier molecular flexibility index (Phi) is 28.8. The minimum absolute atomic E-state index is 0.191. The average Bonchev–Trinajstić information content (AvgIpc) is 3.08. The monoisotopic (exact) mass is 686 g/mol. The molecule has 0 bridgehead atoms. The van der Waals surface area contributed by atoms with Gasteiger partial charge in [-0.1, -0.05) is 161 Å². The summed E-state index contributed by atoms with van der Waals surface area (Å²) in [7, 11) is 0. The molecule has 1 saturated heterocycles. The number of aliphatic hydroxyl groups excluding tert-OH is 5. The van der Waals surface area contributed by atoms with Crippen molar-refractivity contribution < 1.29 is 39.8 Å². The molecule has 284 valence electrons. The van der Waals surface area contributed by atoms with Gasteiger partial charge in [0.1, 0.15) is 24.4 Å². The smallest absolute Gasteiger partial charge is 0.220 e. The van der Waals surface area contributed by atoms with Crippen molar-refractivity contribution in [2.45, 2.75) is 217 Å². The van der Waals surface area contributed by atoms with Crippen LogP contribution in [-0.4, -0.2) is 87.5 Å². The number of hydrogen-bond donors (Lipinski definition) is 6. The maximum atomic E-state index is 12.3. The number of allylic oxidation sites excluding steroid dienone is 1. The molecule has 1 heterocycles. The van der Waals surface area contributed by atoms with Crippen LogP contribution in [0, 0.1) is 0 Å². The van der Waals surface area contributed by atoms with Crippen LogP contribution >= 0.6 is 0 Å². The lowest BCUT2D eigenvalue weighted by atomic mass is 9.99. The predicted octanol–water partition coefficient (Wildman–Crippen LogP) is 7.00. The van der Waals surface area contributed by atoms with Gasteiger partial charge in [0.15, 0.2) is 6.29 Å². The number of carbonyl (C=O) groups excluding carboxylic acids is 1. The Balaban J connectivity index is 2.09. The van der Waals surface area contributed by atoms with Gasteiger partial charge in [-0.15, -0.1) is 0 Å². The summed E-state index contributed by atoms with van der Waals surface area (Å²) in [6, 6.07) is -0.794. The SMILES string of the molecule is CCCCCCCCCCCCCCCCCCCCCCCC/C=C/C(O)C(COC1OC(CO)C(O)C(O)C1O)NC(=O)CCC. The molecule has 0 radical (unpaired) electrons. The van der Waals surface area contributed by atoms with E-state index in [2.05, 4.69) is 12.2 Å². The first kappa shape index (κ1) is 45.0. The van der Waals surface area contributed by atoms with Crippen LogP contribution in [0.3, 0.4) is 0 Å². The van der Waals surface area contributed by atoms with E-state index >= 15 is 0 Å². The molecule has 7 unspecified atom stereocenters. The van der Waals surface area contributed by atoms with Crippen LogP contribution in [0.2, 0.25) is 0 Å². The maximum absolute atomic E-state index is 12.3. The largest absolute Gasteiger partial charge is 0.394 e. The van der Waals surface area contributed by atoms with Crippen LogP contribution in [0.5, 0.6) is 0 Å². The number of unbranched alkanes of at least 4 members (excludes halogenated alkanes) is 22. The molecule has 0 aliphatic carbocycles. The van der Waals surface area contributed by atoms with Gasteiger partial charge >= 0.3 is 0 Å². The molecule has 9 heteroatoms. The third-order valence-corrected chi connectivity index (χ3v) is 9.58. The lowest BCUT2D eigenvalue weighted by molar-refractivity contribution is -0.302. The molecule has 1 fully saturated rings. The topological polar surface area (TPSA) is 149 Å². The minimum atomic E-state index is -1.56. The molecule has 0 spiro atoms. The summed E-state index contributed by atoms with van der Waals surface area (Å²) in [6.07, 6.45) is 27.2. The van der Waals surface area contributed by atoms with Crippen molar-refractivity contribution in [1.82, 2.24) is 5.32 Å². The number of carbonyl (C=O) groups is 1. The van der Waals surface area contributed by atoms with E-state index in [9.17, 15) is 30.3 Å². The van der Waals surface area contributed by atoms with Crippen LogP contribution in [-0.2, 0) is 14.3 Å². The quantitative estimate of drug-likeness (QED) is 0.0328. The van der Waals surface area contributed by atoms with Gasteiger partial charge in [0.2, 0.25) is 5.91 Å². The van der Waals surface area contributed by atoms with E-state index in [1.807, 2.05) is 13.0 Å². The van der Waals surface area contributed by atoms with E-state index in [1.54, 1.807) is 6.08 Å². The van der Waals surface area contributed by atoms with Crippen LogP contribution in [0.1, 0.15) is 174 Å². The highest BCUT2D eigenvalue weighted by Crippen LogP contribution is 2.22. The number of rotatable bonds is 32. The van der Waals surface area contributed by atoms with Gasteiger partial charge in [0.25, 0.3) is 0 Å². The molecular weight excluding hydrogens is 610 g/mol. The highest BCUT2D eigenvalue weighted by Gasteiger charge is 2.44. The summed E-state index contributed by atoms with van der Waals surface area (Å²) in [6.45, 7) is 3.41. The summed E-state index contributed by atoms with van der Waals surface area (Å²) in [5, 5.41) is 53.2. The first-order valence-electron chi connectivity index (χ1n) is 19.9. The summed E-state index contributed by atoms with van der Waals surface area (Å²) < 4.78 is 11.0. The van der Waals surface area contributed by atoms with Crippen LogP contribution < -0.4 is 5.32 Å². The number of hydrogen-bond acceptors (Lipinski definition) is 8. The van der Waals surface area contributed by atoms with E-state index in [0.717, 1.165) is 19.3 Å². The second-order valence-corrected chi connectivity index (χ2v) is 14.1.